The number of rotatable bonds is 3. The number of nitrogens with two attached hydrogens (primary N) is 1. The number of hydrogen-bond acceptors (Lipinski definition) is 3. The van der Waals surface area contributed by atoms with Crippen LogP contribution in [0, 0.1) is 5.92 Å². The minimum atomic E-state index is 0.349. The zero-order valence-corrected chi connectivity index (χ0v) is 11.9. The number of nitrogens with one attached hydrogen (secondary N) is 2. The molecular weight excluding hydrogens is 244 g/mol. The zero-order valence-electron chi connectivity index (χ0n) is 11.1. The standard InChI is InChI=1S/C13H22N4S/c1-9(2)8-15-13(17-14)16-11-4-3-5-12-10(11)6-7-18-12/h6-7,9,11H,3-5,8,14H2,1-2H3,(H2,15,16,17). The van der Waals surface area contributed by atoms with Crippen molar-refractivity contribution in [3.8, 4) is 0 Å². The van der Waals surface area contributed by atoms with Gasteiger partial charge in [0.1, 0.15) is 0 Å². The molecule has 0 radical (unpaired) electrons. The van der Waals surface area contributed by atoms with Gasteiger partial charge in [-0.25, -0.2) is 5.84 Å². The van der Waals surface area contributed by atoms with Crippen molar-refractivity contribution < 1.29 is 0 Å². The van der Waals surface area contributed by atoms with Crippen molar-refractivity contribution in [1.82, 2.24) is 10.7 Å². The lowest BCUT2D eigenvalue weighted by Crippen LogP contribution is -2.44. The van der Waals surface area contributed by atoms with Gasteiger partial charge in [0.15, 0.2) is 0 Å². The van der Waals surface area contributed by atoms with Crippen molar-refractivity contribution in [2.24, 2.45) is 16.8 Å². The first-order valence-electron chi connectivity index (χ1n) is 6.54. The number of aryl methyl sites for hydroxylation is 1. The molecule has 4 N–H and O–H groups in total. The van der Waals surface area contributed by atoms with Gasteiger partial charge in [0.05, 0.1) is 6.04 Å². The quantitative estimate of drug-likeness (QED) is 0.340. The highest BCUT2D eigenvalue weighted by Gasteiger charge is 2.21. The second-order valence-electron chi connectivity index (χ2n) is 5.12. The first-order valence-corrected chi connectivity index (χ1v) is 7.42. The normalized spacial score (nSPS) is 19.8. The van der Waals surface area contributed by atoms with Crippen LogP contribution in [0.3, 0.4) is 0 Å². The molecule has 2 rings (SSSR count). The molecule has 1 unspecified atom stereocenters. The van der Waals surface area contributed by atoms with E-state index in [-0.39, 0.29) is 0 Å². The molecule has 1 atom stereocenters. The van der Waals surface area contributed by atoms with Gasteiger partial charge < -0.3 is 5.32 Å². The summed E-state index contributed by atoms with van der Waals surface area (Å²) in [6, 6.07) is 2.56. The SMILES string of the molecule is CC(C)CN=C(NN)NC1CCCc2sccc21. The Kier molecular flexibility index (Phi) is 4.60. The van der Waals surface area contributed by atoms with Crippen LogP contribution in [0.5, 0.6) is 0 Å². The number of hydrazine groups is 1. The third-order valence-electron chi connectivity index (χ3n) is 3.11. The fourth-order valence-electron chi connectivity index (χ4n) is 2.21. The summed E-state index contributed by atoms with van der Waals surface area (Å²) in [6.45, 7) is 5.08. The summed E-state index contributed by atoms with van der Waals surface area (Å²) in [5.74, 6) is 6.77. The van der Waals surface area contributed by atoms with E-state index in [4.69, 9.17) is 5.84 Å². The van der Waals surface area contributed by atoms with Crippen molar-refractivity contribution in [2.75, 3.05) is 6.54 Å². The lowest BCUT2D eigenvalue weighted by Gasteiger charge is -2.25. The number of hydrogen-bond donors (Lipinski definition) is 3. The van der Waals surface area contributed by atoms with E-state index in [9.17, 15) is 0 Å². The van der Waals surface area contributed by atoms with Crippen LogP contribution in [-0.4, -0.2) is 12.5 Å². The van der Waals surface area contributed by atoms with Gasteiger partial charge in [-0.05, 0) is 42.2 Å². The molecule has 0 aliphatic heterocycles. The molecule has 100 valence electrons. The fraction of sp³-hybridized carbons (Fsp3) is 0.615. The maximum absolute atomic E-state index is 5.53. The molecule has 0 fully saturated rings. The van der Waals surface area contributed by atoms with Crippen LogP contribution >= 0.6 is 11.3 Å². The Balaban J connectivity index is 2.03. The van der Waals surface area contributed by atoms with E-state index in [0.717, 1.165) is 13.0 Å². The highest BCUT2D eigenvalue weighted by molar-refractivity contribution is 7.10. The second-order valence-corrected chi connectivity index (χ2v) is 6.12. The van der Waals surface area contributed by atoms with Gasteiger partial charge in [-0.3, -0.25) is 10.4 Å². The van der Waals surface area contributed by atoms with E-state index < -0.39 is 0 Å². The summed E-state index contributed by atoms with van der Waals surface area (Å²) in [5.41, 5.74) is 4.09. The monoisotopic (exact) mass is 266 g/mol. The van der Waals surface area contributed by atoms with E-state index in [2.05, 4.69) is 41.0 Å². The molecule has 1 heterocycles. The molecule has 0 saturated heterocycles. The summed E-state index contributed by atoms with van der Waals surface area (Å²) < 4.78 is 0. The van der Waals surface area contributed by atoms with E-state index >= 15 is 0 Å². The molecular formula is C13H22N4S. The van der Waals surface area contributed by atoms with Gasteiger partial charge >= 0.3 is 0 Å². The summed E-state index contributed by atoms with van der Waals surface area (Å²) >= 11 is 1.85. The maximum Gasteiger partial charge on any atom is 0.206 e. The molecule has 0 aromatic carbocycles. The third kappa shape index (κ3) is 3.23. The van der Waals surface area contributed by atoms with E-state index in [0.29, 0.717) is 17.9 Å². The lowest BCUT2D eigenvalue weighted by atomic mass is 9.94. The van der Waals surface area contributed by atoms with Crippen LogP contribution < -0.4 is 16.6 Å². The number of thiophene rings is 1. The molecule has 1 aliphatic rings. The van der Waals surface area contributed by atoms with Crippen molar-refractivity contribution >= 4 is 17.3 Å². The van der Waals surface area contributed by atoms with Gasteiger partial charge in [-0.1, -0.05) is 13.8 Å². The Morgan fingerprint density at radius 2 is 2.44 bits per heavy atom. The predicted octanol–water partition coefficient (Wildman–Crippen LogP) is 2.19. The Hall–Kier alpha value is -1.07. The Morgan fingerprint density at radius 3 is 3.17 bits per heavy atom. The molecule has 18 heavy (non-hydrogen) atoms. The number of nitrogens with zero attached hydrogens (tertiary/aromatic N) is 1. The lowest BCUT2D eigenvalue weighted by molar-refractivity contribution is 0.524. The van der Waals surface area contributed by atoms with E-state index in [1.807, 2.05) is 11.3 Å². The molecule has 0 bridgehead atoms. The minimum Gasteiger partial charge on any atom is -0.348 e. The number of fused-ring (bicyclic) bond motifs is 1. The topological polar surface area (TPSA) is 62.4 Å². The van der Waals surface area contributed by atoms with Gasteiger partial charge in [0, 0.05) is 11.4 Å². The first kappa shape index (κ1) is 13.4. The van der Waals surface area contributed by atoms with Crippen molar-refractivity contribution in [2.45, 2.75) is 39.2 Å². The van der Waals surface area contributed by atoms with Gasteiger partial charge in [-0.15, -0.1) is 11.3 Å². The van der Waals surface area contributed by atoms with Crippen LogP contribution in [0.2, 0.25) is 0 Å². The molecule has 1 aliphatic carbocycles. The average molecular weight is 266 g/mol. The Bertz CT molecular complexity index is 411. The molecule has 1 aromatic rings. The molecule has 0 saturated carbocycles. The van der Waals surface area contributed by atoms with Crippen LogP contribution in [0.25, 0.3) is 0 Å². The van der Waals surface area contributed by atoms with Crippen LogP contribution in [0.15, 0.2) is 16.4 Å². The summed E-state index contributed by atoms with van der Waals surface area (Å²) in [4.78, 5) is 5.96. The van der Waals surface area contributed by atoms with Crippen molar-refractivity contribution in [1.29, 1.82) is 0 Å². The number of guanidine groups is 1. The molecule has 4 nitrogen and oxygen atoms in total. The fourth-order valence-corrected chi connectivity index (χ4v) is 3.20. The minimum absolute atomic E-state index is 0.349. The molecule has 1 aromatic heterocycles. The smallest absolute Gasteiger partial charge is 0.206 e. The van der Waals surface area contributed by atoms with Crippen LogP contribution in [0.1, 0.15) is 43.2 Å². The maximum atomic E-state index is 5.53. The molecule has 0 spiro atoms. The van der Waals surface area contributed by atoms with E-state index in [1.54, 1.807) is 0 Å². The largest absolute Gasteiger partial charge is 0.348 e. The van der Waals surface area contributed by atoms with Crippen molar-refractivity contribution in [3.05, 3.63) is 21.9 Å². The zero-order chi connectivity index (χ0) is 13.0. The molecule has 0 amide bonds. The van der Waals surface area contributed by atoms with Gasteiger partial charge in [-0.2, -0.15) is 0 Å². The predicted molar refractivity (Wildman–Crippen MR) is 77.6 cm³/mol. The summed E-state index contributed by atoms with van der Waals surface area (Å²) in [5, 5.41) is 5.60. The summed E-state index contributed by atoms with van der Waals surface area (Å²) in [6.07, 6.45) is 3.58. The Labute approximate surface area is 113 Å². The molecule has 5 heteroatoms. The van der Waals surface area contributed by atoms with E-state index in [1.165, 1.54) is 23.3 Å². The van der Waals surface area contributed by atoms with Crippen molar-refractivity contribution in [3.63, 3.8) is 0 Å². The second kappa shape index (κ2) is 6.20. The highest BCUT2D eigenvalue weighted by atomic mass is 32.1. The summed E-state index contributed by atoms with van der Waals surface area (Å²) in [7, 11) is 0. The third-order valence-corrected chi connectivity index (χ3v) is 4.11. The Morgan fingerprint density at radius 1 is 1.61 bits per heavy atom. The average Bonchev–Trinajstić information content (AvgIpc) is 2.83. The van der Waals surface area contributed by atoms with Gasteiger partial charge in [0.2, 0.25) is 5.96 Å². The van der Waals surface area contributed by atoms with Crippen LogP contribution in [-0.2, 0) is 6.42 Å². The van der Waals surface area contributed by atoms with Crippen LogP contribution in [0.4, 0.5) is 0 Å². The number of aliphatic imine (C=N–C) groups is 1. The highest BCUT2D eigenvalue weighted by Crippen LogP contribution is 2.33. The van der Waals surface area contributed by atoms with Gasteiger partial charge in [0.25, 0.3) is 0 Å². The first-order chi connectivity index (χ1) is 8.70.